The van der Waals surface area contributed by atoms with E-state index in [0.717, 1.165) is 0 Å². The van der Waals surface area contributed by atoms with Gasteiger partial charge in [-0.1, -0.05) is 4.85 Å². The Morgan fingerprint density at radius 2 is 2.10 bits per heavy atom. The van der Waals surface area contributed by atoms with Crippen molar-refractivity contribution in [3.05, 3.63) is 12.4 Å². The molecule has 0 radical (unpaired) electrons. The topological polar surface area (TPSA) is 76.7 Å². The average Bonchev–Trinajstić information content (AvgIpc) is 2.34. The van der Waals surface area contributed by atoms with Crippen molar-refractivity contribution in [2.75, 3.05) is 0 Å². The van der Waals surface area contributed by atoms with Gasteiger partial charge in [0.05, 0.1) is 0 Å². The summed E-state index contributed by atoms with van der Waals surface area (Å²) in [6, 6.07) is 0. The fourth-order valence-electron chi connectivity index (χ4n) is 0.662. The Morgan fingerprint density at radius 3 is 2.90 bits per heavy atom. The van der Waals surface area contributed by atoms with E-state index in [9.17, 15) is 0 Å². The number of aromatic nitrogens is 5. The molecule has 0 aliphatic carbocycles. The SMILES string of the molecule is On1nnc2nccnc21. The summed E-state index contributed by atoms with van der Waals surface area (Å²) in [4.78, 5) is 8.14. The van der Waals surface area contributed by atoms with Gasteiger partial charge in [-0.05, 0) is 5.21 Å². The van der Waals surface area contributed by atoms with Crippen molar-refractivity contribution in [1.82, 2.24) is 25.1 Å². The lowest BCUT2D eigenvalue weighted by Crippen LogP contribution is -1.93. The van der Waals surface area contributed by atoms with E-state index in [4.69, 9.17) is 5.21 Å². The molecule has 0 saturated heterocycles. The van der Waals surface area contributed by atoms with E-state index in [-0.39, 0.29) is 5.65 Å². The van der Waals surface area contributed by atoms with Gasteiger partial charge in [-0.15, -0.1) is 5.10 Å². The monoisotopic (exact) mass is 137 g/mol. The van der Waals surface area contributed by atoms with Crippen LogP contribution >= 0.6 is 0 Å². The van der Waals surface area contributed by atoms with Crippen molar-refractivity contribution in [2.24, 2.45) is 0 Å². The summed E-state index contributed by atoms with van der Waals surface area (Å²) in [5.41, 5.74) is 0.604. The lowest BCUT2D eigenvalue weighted by Gasteiger charge is -1.84. The first kappa shape index (κ1) is 5.10. The van der Waals surface area contributed by atoms with Gasteiger partial charge < -0.3 is 5.21 Å². The summed E-state index contributed by atoms with van der Waals surface area (Å²) < 4.78 is 0. The van der Waals surface area contributed by atoms with E-state index in [1.807, 2.05) is 0 Å². The average molecular weight is 137 g/mol. The molecule has 0 aliphatic rings. The van der Waals surface area contributed by atoms with Crippen LogP contribution in [0.4, 0.5) is 0 Å². The number of nitrogens with zero attached hydrogens (tertiary/aromatic N) is 5. The molecule has 2 aromatic rings. The van der Waals surface area contributed by atoms with Crippen molar-refractivity contribution in [1.29, 1.82) is 0 Å². The van der Waals surface area contributed by atoms with Crippen LogP contribution in [0.2, 0.25) is 0 Å². The van der Waals surface area contributed by atoms with Gasteiger partial charge >= 0.3 is 0 Å². The summed E-state index contributed by atoms with van der Waals surface area (Å²) in [7, 11) is 0. The Bertz CT molecular complexity index is 355. The fraction of sp³-hybridized carbons (Fsp3) is 0. The quantitative estimate of drug-likeness (QED) is 0.493. The predicted molar refractivity (Wildman–Crippen MR) is 30.3 cm³/mol. The number of hydrogen-bond acceptors (Lipinski definition) is 5. The number of rotatable bonds is 0. The Kier molecular flexibility index (Phi) is 0.830. The second kappa shape index (κ2) is 1.63. The van der Waals surface area contributed by atoms with Crippen LogP contribution in [-0.4, -0.2) is 30.3 Å². The van der Waals surface area contributed by atoms with Gasteiger partial charge in [0.1, 0.15) is 0 Å². The molecule has 6 heteroatoms. The zero-order chi connectivity index (χ0) is 6.97. The molecule has 10 heavy (non-hydrogen) atoms. The number of fused-ring (bicyclic) bond motifs is 1. The summed E-state index contributed by atoms with van der Waals surface area (Å²) >= 11 is 0. The molecular weight excluding hydrogens is 134 g/mol. The van der Waals surface area contributed by atoms with E-state index in [0.29, 0.717) is 10.5 Å². The van der Waals surface area contributed by atoms with Crippen LogP contribution < -0.4 is 0 Å². The van der Waals surface area contributed by atoms with Crippen LogP contribution in [0.25, 0.3) is 11.3 Å². The fourth-order valence-corrected chi connectivity index (χ4v) is 0.662. The lowest BCUT2D eigenvalue weighted by atomic mass is 10.7. The molecule has 2 aromatic heterocycles. The van der Waals surface area contributed by atoms with Crippen LogP contribution in [0.15, 0.2) is 12.4 Å². The minimum absolute atomic E-state index is 0.266. The molecule has 0 amide bonds. The molecule has 2 heterocycles. The molecule has 0 fully saturated rings. The van der Waals surface area contributed by atoms with Gasteiger partial charge in [0.2, 0.25) is 11.3 Å². The zero-order valence-corrected chi connectivity index (χ0v) is 4.84. The Balaban J connectivity index is 2.93. The highest BCUT2D eigenvalue weighted by molar-refractivity contribution is 5.62. The highest BCUT2D eigenvalue weighted by atomic mass is 16.5. The first-order valence-corrected chi connectivity index (χ1v) is 2.59. The third-order valence-electron chi connectivity index (χ3n) is 1.07. The van der Waals surface area contributed by atoms with E-state index in [1.54, 1.807) is 0 Å². The summed E-state index contributed by atoms with van der Waals surface area (Å²) in [5, 5.41) is 15.7. The van der Waals surface area contributed by atoms with E-state index in [1.165, 1.54) is 12.4 Å². The molecule has 0 aliphatic heterocycles. The molecule has 0 spiro atoms. The maximum atomic E-state index is 8.85. The molecule has 0 aromatic carbocycles. The highest BCUT2D eigenvalue weighted by Gasteiger charge is 2.01. The minimum Gasteiger partial charge on any atom is -0.409 e. The van der Waals surface area contributed by atoms with Crippen molar-refractivity contribution in [3.63, 3.8) is 0 Å². The van der Waals surface area contributed by atoms with E-state index in [2.05, 4.69) is 20.3 Å². The second-order valence-electron chi connectivity index (χ2n) is 1.68. The maximum absolute atomic E-state index is 8.85. The third-order valence-corrected chi connectivity index (χ3v) is 1.07. The van der Waals surface area contributed by atoms with Crippen molar-refractivity contribution in [3.8, 4) is 0 Å². The van der Waals surface area contributed by atoms with Gasteiger partial charge in [0.25, 0.3) is 0 Å². The van der Waals surface area contributed by atoms with Crippen LogP contribution in [0, 0.1) is 0 Å². The molecule has 0 bridgehead atoms. The van der Waals surface area contributed by atoms with Crippen LogP contribution in [-0.2, 0) is 0 Å². The van der Waals surface area contributed by atoms with E-state index < -0.39 is 0 Å². The highest BCUT2D eigenvalue weighted by Crippen LogP contribution is 1.98. The summed E-state index contributed by atoms with van der Waals surface area (Å²) in [6.07, 6.45) is 2.94. The van der Waals surface area contributed by atoms with Gasteiger partial charge in [0, 0.05) is 12.4 Å². The predicted octanol–water partition coefficient (Wildman–Crippen LogP) is -0.541. The summed E-state index contributed by atoms with van der Waals surface area (Å²) in [5.74, 6) is 0. The zero-order valence-electron chi connectivity index (χ0n) is 4.84. The molecular formula is C4H3N5O. The van der Waals surface area contributed by atoms with Gasteiger partial charge in [0.15, 0.2) is 0 Å². The molecule has 0 atom stereocenters. The molecule has 6 nitrogen and oxygen atoms in total. The Hall–Kier alpha value is -1.72. The van der Waals surface area contributed by atoms with E-state index >= 15 is 0 Å². The van der Waals surface area contributed by atoms with Gasteiger partial charge in [-0.25, -0.2) is 9.97 Å². The summed E-state index contributed by atoms with van der Waals surface area (Å²) in [6.45, 7) is 0. The van der Waals surface area contributed by atoms with Gasteiger partial charge in [-0.2, -0.15) is 0 Å². The molecule has 0 saturated carbocycles. The second-order valence-corrected chi connectivity index (χ2v) is 1.68. The lowest BCUT2D eigenvalue weighted by molar-refractivity contribution is 0.153. The van der Waals surface area contributed by atoms with Crippen LogP contribution in [0.1, 0.15) is 0 Å². The smallest absolute Gasteiger partial charge is 0.238 e. The normalized spacial score (nSPS) is 10.4. The van der Waals surface area contributed by atoms with Crippen molar-refractivity contribution < 1.29 is 5.21 Å². The largest absolute Gasteiger partial charge is 0.409 e. The van der Waals surface area contributed by atoms with Crippen molar-refractivity contribution in [2.45, 2.75) is 0 Å². The van der Waals surface area contributed by atoms with Crippen molar-refractivity contribution >= 4 is 11.3 Å². The minimum atomic E-state index is 0.266. The first-order valence-electron chi connectivity index (χ1n) is 2.59. The Morgan fingerprint density at radius 1 is 1.30 bits per heavy atom. The molecule has 1 N–H and O–H groups in total. The maximum Gasteiger partial charge on any atom is 0.238 e. The third kappa shape index (κ3) is 0.524. The first-order chi connectivity index (χ1) is 4.88. The molecule has 0 unspecified atom stereocenters. The number of hydrogen-bond donors (Lipinski definition) is 1. The molecule has 50 valence electrons. The standard InChI is InChI=1S/C4H3N5O/c10-9-4-3(7-8-9)5-1-2-6-4/h1-2,10H. The Labute approximate surface area is 55.1 Å². The van der Waals surface area contributed by atoms with Gasteiger partial charge in [-0.3, -0.25) is 0 Å². The van der Waals surface area contributed by atoms with Crippen LogP contribution in [0.3, 0.4) is 0 Å². The molecule has 2 rings (SSSR count). The van der Waals surface area contributed by atoms with Crippen LogP contribution in [0.5, 0.6) is 0 Å².